The van der Waals surface area contributed by atoms with Gasteiger partial charge in [-0.25, -0.2) is 9.97 Å². The summed E-state index contributed by atoms with van der Waals surface area (Å²) in [5.41, 5.74) is 12.2. The molecule has 0 atom stereocenters. The highest BCUT2D eigenvalue weighted by atomic mass is 35.5. The predicted molar refractivity (Wildman–Crippen MR) is 70.1 cm³/mol. The second-order valence-electron chi connectivity index (χ2n) is 3.74. The molecule has 0 unspecified atom stereocenters. The monoisotopic (exact) mass is 262 g/mol. The van der Waals surface area contributed by atoms with Crippen LogP contribution in [-0.2, 0) is 0 Å². The van der Waals surface area contributed by atoms with Crippen LogP contribution in [0.15, 0.2) is 24.3 Å². The van der Waals surface area contributed by atoms with Gasteiger partial charge in [0.15, 0.2) is 5.82 Å². The minimum Gasteiger partial charge on any atom is -0.383 e. The van der Waals surface area contributed by atoms with E-state index in [9.17, 15) is 4.79 Å². The van der Waals surface area contributed by atoms with E-state index < -0.39 is 5.91 Å². The average molecular weight is 263 g/mol. The van der Waals surface area contributed by atoms with Gasteiger partial charge >= 0.3 is 0 Å². The summed E-state index contributed by atoms with van der Waals surface area (Å²) in [5.74, 6) is -0.207. The van der Waals surface area contributed by atoms with E-state index in [-0.39, 0.29) is 11.4 Å². The van der Waals surface area contributed by atoms with Crippen molar-refractivity contribution in [1.29, 1.82) is 0 Å². The van der Waals surface area contributed by atoms with Crippen LogP contribution in [0.5, 0.6) is 0 Å². The van der Waals surface area contributed by atoms with E-state index in [1.807, 2.05) is 6.07 Å². The number of aryl methyl sites for hydroxylation is 1. The van der Waals surface area contributed by atoms with Crippen molar-refractivity contribution in [3.05, 3.63) is 40.5 Å². The van der Waals surface area contributed by atoms with Crippen LogP contribution in [0, 0.1) is 6.92 Å². The zero-order valence-corrected chi connectivity index (χ0v) is 10.4. The van der Waals surface area contributed by atoms with Crippen LogP contribution in [0.25, 0.3) is 11.4 Å². The zero-order chi connectivity index (χ0) is 13.3. The molecule has 0 aliphatic rings. The van der Waals surface area contributed by atoms with Crippen LogP contribution in [-0.4, -0.2) is 15.9 Å². The van der Waals surface area contributed by atoms with Gasteiger partial charge in [-0.15, -0.1) is 0 Å². The van der Waals surface area contributed by atoms with Gasteiger partial charge in [0.1, 0.15) is 11.4 Å². The fourth-order valence-electron chi connectivity index (χ4n) is 1.66. The normalized spacial score (nSPS) is 10.3. The first-order valence-electron chi connectivity index (χ1n) is 5.19. The number of hydrogen-bond donors (Lipinski definition) is 2. The van der Waals surface area contributed by atoms with E-state index in [2.05, 4.69) is 9.97 Å². The Morgan fingerprint density at radius 1 is 1.28 bits per heavy atom. The molecular formula is C12H11ClN4O. The Hall–Kier alpha value is -2.14. The number of aromatic nitrogens is 2. The first kappa shape index (κ1) is 12.3. The van der Waals surface area contributed by atoms with Crippen molar-refractivity contribution in [2.45, 2.75) is 6.92 Å². The summed E-state index contributed by atoms with van der Waals surface area (Å²) in [6.45, 7) is 1.65. The molecule has 6 heteroatoms. The molecule has 1 aromatic heterocycles. The largest absolute Gasteiger partial charge is 0.383 e. The lowest BCUT2D eigenvalue weighted by Crippen LogP contribution is -2.17. The smallest absolute Gasteiger partial charge is 0.254 e. The second-order valence-corrected chi connectivity index (χ2v) is 4.14. The Bertz CT molecular complexity index is 604. The van der Waals surface area contributed by atoms with Gasteiger partial charge < -0.3 is 11.5 Å². The van der Waals surface area contributed by atoms with Crippen LogP contribution < -0.4 is 11.5 Å². The number of amides is 1. The molecular weight excluding hydrogens is 252 g/mol. The number of nitrogens with two attached hydrogens (primary N) is 2. The summed E-state index contributed by atoms with van der Waals surface area (Å²) in [7, 11) is 0. The highest BCUT2D eigenvalue weighted by molar-refractivity contribution is 6.33. The molecule has 0 spiro atoms. The van der Waals surface area contributed by atoms with Gasteiger partial charge in [-0.3, -0.25) is 4.79 Å². The number of carbonyl (C=O) groups is 1. The molecule has 18 heavy (non-hydrogen) atoms. The lowest BCUT2D eigenvalue weighted by Gasteiger charge is -2.08. The number of rotatable bonds is 2. The summed E-state index contributed by atoms with van der Waals surface area (Å²) < 4.78 is 0. The van der Waals surface area contributed by atoms with Gasteiger partial charge in [-0.2, -0.15) is 0 Å². The van der Waals surface area contributed by atoms with Gasteiger partial charge in [-0.1, -0.05) is 23.7 Å². The van der Waals surface area contributed by atoms with Crippen molar-refractivity contribution in [3.63, 3.8) is 0 Å². The second kappa shape index (κ2) is 4.62. The SMILES string of the molecule is Cc1nc(-c2ccccc2Cl)nc(N)c1C(N)=O. The van der Waals surface area contributed by atoms with Gasteiger partial charge in [0.2, 0.25) is 0 Å². The van der Waals surface area contributed by atoms with Gasteiger partial charge in [0.25, 0.3) is 5.91 Å². The Morgan fingerprint density at radius 3 is 2.50 bits per heavy atom. The Kier molecular flexibility index (Phi) is 3.16. The summed E-state index contributed by atoms with van der Waals surface area (Å²) in [4.78, 5) is 19.5. The van der Waals surface area contributed by atoms with Crippen molar-refractivity contribution in [3.8, 4) is 11.4 Å². The highest BCUT2D eigenvalue weighted by Gasteiger charge is 2.15. The molecule has 1 amide bonds. The molecule has 0 aliphatic carbocycles. The molecule has 1 aromatic carbocycles. The summed E-state index contributed by atoms with van der Waals surface area (Å²) in [6, 6.07) is 7.13. The zero-order valence-electron chi connectivity index (χ0n) is 9.64. The average Bonchev–Trinajstić information content (AvgIpc) is 2.27. The molecule has 0 radical (unpaired) electrons. The first-order chi connectivity index (χ1) is 8.50. The number of hydrogen-bond acceptors (Lipinski definition) is 4. The number of carbonyl (C=O) groups excluding carboxylic acids is 1. The standard InChI is InChI=1S/C12H11ClN4O/c1-6-9(11(15)18)10(14)17-12(16-6)7-4-2-3-5-8(7)13/h2-5H,1H3,(H2,15,18)(H2,14,16,17). The molecule has 2 rings (SSSR count). The molecule has 0 fully saturated rings. The van der Waals surface area contributed by atoms with Crippen LogP contribution >= 0.6 is 11.6 Å². The van der Waals surface area contributed by atoms with Crippen LogP contribution in [0.1, 0.15) is 16.1 Å². The van der Waals surface area contributed by atoms with Crippen molar-refractivity contribution in [1.82, 2.24) is 9.97 Å². The third-order valence-electron chi connectivity index (χ3n) is 2.48. The van der Waals surface area contributed by atoms with Gasteiger partial charge in [-0.05, 0) is 19.1 Å². The van der Waals surface area contributed by atoms with Crippen LogP contribution in [0.2, 0.25) is 5.02 Å². The lowest BCUT2D eigenvalue weighted by atomic mass is 10.1. The maximum atomic E-state index is 11.2. The van der Waals surface area contributed by atoms with E-state index in [1.165, 1.54) is 0 Å². The molecule has 2 aromatic rings. The Labute approximate surface area is 109 Å². The van der Waals surface area contributed by atoms with Crippen LogP contribution in [0.4, 0.5) is 5.82 Å². The molecule has 0 saturated heterocycles. The van der Waals surface area contributed by atoms with Gasteiger partial charge in [0, 0.05) is 5.56 Å². The number of primary amides is 1. The summed E-state index contributed by atoms with van der Waals surface area (Å²) >= 11 is 6.05. The van der Waals surface area contributed by atoms with Crippen LogP contribution in [0.3, 0.4) is 0 Å². The third-order valence-corrected chi connectivity index (χ3v) is 2.81. The van der Waals surface area contributed by atoms with E-state index in [4.69, 9.17) is 23.1 Å². The van der Waals surface area contributed by atoms with E-state index in [0.717, 1.165) is 0 Å². The van der Waals surface area contributed by atoms with Crippen molar-refractivity contribution < 1.29 is 4.79 Å². The number of anilines is 1. The van der Waals surface area contributed by atoms with Crippen molar-refractivity contribution in [2.75, 3.05) is 5.73 Å². The van der Waals surface area contributed by atoms with Crippen molar-refractivity contribution >= 4 is 23.3 Å². The number of nitrogens with zero attached hydrogens (tertiary/aromatic N) is 2. The molecule has 0 bridgehead atoms. The fraction of sp³-hybridized carbons (Fsp3) is 0.0833. The minimum absolute atomic E-state index is 0.0601. The van der Waals surface area contributed by atoms with E-state index in [1.54, 1.807) is 25.1 Å². The maximum absolute atomic E-state index is 11.2. The number of benzene rings is 1. The maximum Gasteiger partial charge on any atom is 0.254 e. The number of nitrogen functional groups attached to an aromatic ring is 1. The molecule has 0 saturated carbocycles. The highest BCUT2D eigenvalue weighted by Crippen LogP contribution is 2.26. The quantitative estimate of drug-likeness (QED) is 0.862. The molecule has 1 heterocycles. The van der Waals surface area contributed by atoms with Gasteiger partial charge in [0.05, 0.1) is 10.7 Å². The number of halogens is 1. The lowest BCUT2D eigenvalue weighted by molar-refractivity contribution is 0.1000. The molecule has 92 valence electrons. The predicted octanol–water partition coefficient (Wildman–Crippen LogP) is 1.79. The third kappa shape index (κ3) is 2.12. The molecule has 4 N–H and O–H groups in total. The first-order valence-corrected chi connectivity index (χ1v) is 5.57. The Balaban J connectivity index is 2.62. The van der Waals surface area contributed by atoms with E-state index >= 15 is 0 Å². The fourth-order valence-corrected chi connectivity index (χ4v) is 1.88. The Morgan fingerprint density at radius 2 is 1.94 bits per heavy atom. The van der Waals surface area contributed by atoms with Crippen molar-refractivity contribution in [2.24, 2.45) is 5.73 Å². The van der Waals surface area contributed by atoms with E-state index in [0.29, 0.717) is 22.1 Å². The molecule has 5 nitrogen and oxygen atoms in total. The molecule has 0 aliphatic heterocycles. The summed E-state index contributed by atoms with van der Waals surface area (Å²) in [6.07, 6.45) is 0. The topological polar surface area (TPSA) is 94.9 Å². The minimum atomic E-state index is -0.643. The summed E-state index contributed by atoms with van der Waals surface area (Å²) in [5, 5.41) is 0.517.